The number of aliphatic carboxylic acids is 1. The van der Waals surface area contributed by atoms with Gasteiger partial charge in [0.15, 0.2) is 5.16 Å². The molecule has 0 bridgehead atoms. The van der Waals surface area contributed by atoms with Gasteiger partial charge in [0, 0.05) is 25.4 Å². The first-order chi connectivity index (χ1) is 8.63. The van der Waals surface area contributed by atoms with Crippen LogP contribution < -0.4 is 0 Å². The Kier molecular flexibility index (Phi) is 6.27. The van der Waals surface area contributed by atoms with E-state index in [0.717, 1.165) is 0 Å². The highest BCUT2D eigenvalue weighted by molar-refractivity contribution is 7.99. The number of imidazole rings is 1. The molecule has 0 fully saturated rings. The summed E-state index contributed by atoms with van der Waals surface area (Å²) in [7, 11) is 0. The number of aromatic nitrogens is 2. The van der Waals surface area contributed by atoms with Gasteiger partial charge >= 0.3 is 11.9 Å². The number of thioether (sulfide) groups is 1. The maximum absolute atomic E-state index is 11.1. The zero-order valence-corrected chi connectivity index (χ0v) is 11.0. The van der Waals surface area contributed by atoms with Gasteiger partial charge in [-0.2, -0.15) is 0 Å². The topological polar surface area (TPSA) is 81.4 Å². The van der Waals surface area contributed by atoms with Crippen molar-refractivity contribution < 1.29 is 19.4 Å². The summed E-state index contributed by atoms with van der Waals surface area (Å²) in [5.74, 6) is -1.10. The lowest BCUT2D eigenvalue weighted by molar-refractivity contribution is -0.143. The van der Waals surface area contributed by atoms with E-state index >= 15 is 0 Å². The molecule has 0 unspecified atom stereocenters. The predicted octanol–water partition coefficient (Wildman–Crippen LogP) is 1.40. The summed E-state index contributed by atoms with van der Waals surface area (Å²) in [6.07, 6.45) is 4.40. The second-order valence-electron chi connectivity index (χ2n) is 3.49. The van der Waals surface area contributed by atoms with Gasteiger partial charge in [0.2, 0.25) is 0 Å². The van der Waals surface area contributed by atoms with E-state index in [4.69, 9.17) is 9.84 Å². The summed E-state index contributed by atoms with van der Waals surface area (Å²) in [5, 5.41) is 9.25. The molecule has 0 spiro atoms. The van der Waals surface area contributed by atoms with Crippen molar-refractivity contribution in [3.05, 3.63) is 12.4 Å². The van der Waals surface area contributed by atoms with E-state index in [1.807, 2.05) is 4.57 Å². The van der Waals surface area contributed by atoms with Crippen LogP contribution in [0.15, 0.2) is 17.6 Å². The normalized spacial score (nSPS) is 10.3. The van der Waals surface area contributed by atoms with Crippen molar-refractivity contribution in [3.63, 3.8) is 0 Å². The summed E-state index contributed by atoms with van der Waals surface area (Å²) in [5.41, 5.74) is 0. The van der Waals surface area contributed by atoms with Crippen molar-refractivity contribution in [2.45, 2.75) is 31.5 Å². The van der Waals surface area contributed by atoms with Gasteiger partial charge in [-0.15, -0.1) is 0 Å². The minimum absolute atomic E-state index is 0.0190. The van der Waals surface area contributed by atoms with Gasteiger partial charge in [-0.05, 0) is 13.3 Å². The molecule has 1 rings (SSSR count). The van der Waals surface area contributed by atoms with Crippen LogP contribution in [0.5, 0.6) is 0 Å². The minimum Gasteiger partial charge on any atom is -0.481 e. The maximum atomic E-state index is 11.1. The molecule has 0 saturated heterocycles. The lowest BCUT2D eigenvalue weighted by Crippen LogP contribution is -2.07. The molecule has 0 aliphatic heterocycles. The number of rotatable bonds is 8. The van der Waals surface area contributed by atoms with Crippen LogP contribution in [0.3, 0.4) is 0 Å². The molecule has 0 aromatic carbocycles. The Morgan fingerprint density at radius 1 is 1.56 bits per heavy atom. The number of carbonyl (C=O) groups is 2. The van der Waals surface area contributed by atoms with Gasteiger partial charge in [-0.1, -0.05) is 11.8 Å². The third-order valence-corrected chi connectivity index (χ3v) is 3.08. The molecule has 0 aliphatic rings. The van der Waals surface area contributed by atoms with Crippen molar-refractivity contribution in [2.75, 3.05) is 12.4 Å². The van der Waals surface area contributed by atoms with Crippen LogP contribution in [0.4, 0.5) is 0 Å². The highest BCUT2D eigenvalue weighted by Crippen LogP contribution is 2.16. The maximum Gasteiger partial charge on any atom is 0.313 e. The molecule has 0 amide bonds. The number of nitrogens with zero attached hydrogens (tertiary/aromatic N) is 2. The van der Waals surface area contributed by atoms with Crippen molar-refractivity contribution in [2.24, 2.45) is 0 Å². The first-order valence-electron chi connectivity index (χ1n) is 5.64. The fraction of sp³-hybridized carbons (Fsp3) is 0.545. The molecule has 0 radical (unpaired) electrons. The Bertz CT molecular complexity index is 406. The van der Waals surface area contributed by atoms with Gasteiger partial charge in [-0.25, -0.2) is 4.98 Å². The number of hydrogen-bond acceptors (Lipinski definition) is 5. The summed E-state index contributed by atoms with van der Waals surface area (Å²) < 4.78 is 6.66. The molecular weight excluding hydrogens is 256 g/mol. The monoisotopic (exact) mass is 272 g/mol. The van der Waals surface area contributed by atoms with Crippen molar-refractivity contribution in [3.8, 4) is 0 Å². The molecule has 6 nitrogen and oxygen atoms in total. The molecular formula is C11H16N2O4S. The van der Waals surface area contributed by atoms with Crippen LogP contribution in [0.25, 0.3) is 0 Å². The smallest absolute Gasteiger partial charge is 0.313 e. The van der Waals surface area contributed by atoms with Crippen LogP contribution in [0, 0.1) is 0 Å². The van der Waals surface area contributed by atoms with E-state index < -0.39 is 5.97 Å². The summed E-state index contributed by atoms with van der Waals surface area (Å²) in [6, 6.07) is 0. The van der Waals surface area contributed by atoms with Gasteiger partial charge in [0.25, 0.3) is 0 Å². The van der Waals surface area contributed by atoms with Crippen molar-refractivity contribution in [1.82, 2.24) is 9.55 Å². The zero-order chi connectivity index (χ0) is 13.4. The van der Waals surface area contributed by atoms with Gasteiger partial charge in [-0.3, -0.25) is 9.59 Å². The van der Waals surface area contributed by atoms with E-state index in [2.05, 4.69) is 4.98 Å². The number of ether oxygens (including phenoxy) is 1. The largest absolute Gasteiger partial charge is 0.481 e. The Balaban J connectivity index is 2.35. The third kappa shape index (κ3) is 5.22. The van der Waals surface area contributed by atoms with Gasteiger partial charge < -0.3 is 14.4 Å². The molecule has 18 heavy (non-hydrogen) atoms. The Labute approximate surface area is 109 Å². The van der Waals surface area contributed by atoms with E-state index in [0.29, 0.717) is 31.1 Å². The first-order valence-corrected chi connectivity index (χ1v) is 6.63. The van der Waals surface area contributed by atoms with Crippen LogP contribution in [0.2, 0.25) is 0 Å². The van der Waals surface area contributed by atoms with Crippen LogP contribution in [-0.4, -0.2) is 39.0 Å². The lowest BCUT2D eigenvalue weighted by atomic mass is 10.3. The van der Waals surface area contributed by atoms with Gasteiger partial charge in [0.05, 0.1) is 12.4 Å². The van der Waals surface area contributed by atoms with Crippen molar-refractivity contribution in [1.29, 1.82) is 0 Å². The lowest BCUT2D eigenvalue weighted by Gasteiger charge is -2.06. The average molecular weight is 272 g/mol. The second kappa shape index (κ2) is 7.75. The quantitative estimate of drug-likeness (QED) is 0.569. The second-order valence-corrected chi connectivity index (χ2v) is 4.44. The van der Waals surface area contributed by atoms with Crippen LogP contribution in [0.1, 0.15) is 19.8 Å². The summed E-state index contributed by atoms with van der Waals surface area (Å²) in [4.78, 5) is 25.7. The standard InChI is InChI=1S/C11H16N2O4S/c1-2-17-10(16)4-3-6-13-7-5-12-11(13)18-8-9(14)15/h5,7H,2-4,6,8H2,1H3,(H,14,15). The third-order valence-electron chi connectivity index (χ3n) is 2.09. The molecule has 1 aromatic rings. The molecule has 0 aliphatic carbocycles. The van der Waals surface area contributed by atoms with Crippen LogP contribution >= 0.6 is 11.8 Å². The predicted molar refractivity (Wildman–Crippen MR) is 66.5 cm³/mol. The Hall–Kier alpha value is -1.50. The number of carboxylic acids is 1. The summed E-state index contributed by atoms with van der Waals surface area (Å²) in [6.45, 7) is 2.79. The fourth-order valence-corrected chi connectivity index (χ4v) is 2.06. The molecule has 100 valence electrons. The first kappa shape index (κ1) is 14.6. The highest BCUT2D eigenvalue weighted by Gasteiger charge is 2.07. The molecule has 7 heteroatoms. The molecule has 1 N–H and O–H groups in total. The highest BCUT2D eigenvalue weighted by atomic mass is 32.2. The van der Waals surface area contributed by atoms with Crippen LogP contribution in [-0.2, 0) is 20.9 Å². The molecule has 0 saturated carbocycles. The average Bonchev–Trinajstić information content (AvgIpc) is 2.74. The summed E-state index contributed by atoms with van der Waals surface area (Å²) >= 11 is 1.17. The number of esters is 1. The minimum atomic E-state index is -0.874. The van der Waals surface area contributed by atoms with E-state index in [9.17, 15) is 9.59 Å². The van der Waals surface area contributed by atoms with E-state index in [1.165, 1.54) is 11.8 Å². The molecule has 0 atom stereocenters. The SMILES string of the molecule is CCOC(=O)CCCn1ccnc1SCC(=O)O. The number of carbonyl (C=O) groups excluding carboxylic acids is 1. The number of carboxylic acid groups (broad SMARTS) is 1. The number of hydrogen-bond donors (Lipinski definition) is 1. The van der Waals surface area contributed by atoms with Crippen molar-refractivity contribution >= 4 is 23.7 Å². The van der Waals surface area contributed by atoms with E-state index in [-0.39, 0.29) is 11.7 Å². The fourth-order valence-electron chi connectivity index (χ4n) is 1.36. The number of aryl methyl sites for hydroxylation is 1. The zero-order valence-electron chi connectivity index (χ0n) is 10.2. The molecule has 1 aromatic heterocycles. The van der Waals surface area contributed by atoms with Gasteiger partial charge in [0.1, 0.15) is 0 Å². The molecule has 1 heterocycles. The Morgan fingerprint density at radius 2 is 2.33 bits per heavy atom. The Morgan fingerprint density at radius 3 is 3.00 bits per heavy atom. The van der Waals surface area contributed by atoms with E-state index in [1.54, 1.807) is 19.3 Å².